The van der Waals surface area contributed by atoms with Crippen LogP contribution in [0.25, 0.3) is 22.3 Å². The van der Waals surface area contributed by atoms with E-state index in [0.717, 1.165) is 16.5 Å². The van der Waals surface area contributed by atoms with E-state index < -0.39 is 18.2 Å². The number of pyridine rings is 2. The maximum Gasteiger partial charge on any atom is 0.345 e. The first-order valence-electron chi connectivity index (χ1n) is 8.19. The molecule has 0 saturated heterocycles. The third kappa shape index (κ3) is 1.81. The van der Waals surface area contributed by atoms with Gasteiger partial charge in [-0.1, -0.05) is 18.2 Å². The Labute approximate surface area is 147 Å². The molecule has 4 heterocycles. The Balaban J connectivity index is 1.81. The van der Waals surface area contributed by atoms with Crippen molar-refractivity contribution in [3.8, 4) is 11.4 Å². The topological polar surface area (TPSA) is 102 Å². The molecule has 2 aliphatic heterocycles. The predicted octanol–water partition coefficient (Wildman–Crippen LogP) is 0.662. The van der Waals surface area contributed by atoms with Crippen molar-refractivity contribution in [1.82, 2.24) is 9.55 Å². The third-order valence-corrected chi connectivity index (χ3v) is 5.13. The van der Waals surface area contributed by atoms with Crippen LogP contribution in [0.1, 0.15) is 16.7 Å². The number of esters is 1. The average molecular weight is 350 g/mol. The number of ether oxygens (including phenoxy) is 1. The zero-order chi connectivity index (χ0) is 18.1. The Morgan fingerprint density at radius 2 is 2.04 bits per heavy atom. The zero-order valence-corrected chi connectivity index (χ0v) is 13.6. The predicted molar refractivity (Wildman–Crippen MR) is 91.3 cm³/mol. The molecule has 1 atom stereocenters. The summed E-state index contributed by atoms with van der Waals surface area (Å²) >= 11 is 0. The molecule has 1 aromatic carbocycles. The number of cyclic esters (lactones) is 1. The lowest BCUT2D eigenvalue weighted by atomic mass is 9.88. The number of carbonyl (C=O) groups is 1. The van der Waals surface area contributed by atoms with Crippen molar-refractivity contribution < 1.29 is 19.7 Å². The summed E-state index contributed by atoms with van der Waals surface area (Å²) in [6.45, 7) is -0.721. The Morgan fingerprint density at radius 3 is 2.85 bits per heavy atom. The van der Waals surface area contributed by atoms with Gasteiger partial charge in [-0.05, 0) is 18.2 Å². The Morgan fingerprint density at radius 1 is 1.23 bits per heavy atom. The molecular weight excluding hydrogens is 336 g/mol. The first-order chi connectivity index (χ1) is 12.5. The van der Waals surface area contributed by atoms with Crippen molar-refractivity contribution in [3.05, 3.63) is 63.4 Å². The quantitative estimate of drug-likeness (QED) is 0.489. The number of hydrogen-bond donors (Lipinski definition) is 2. The van der Waals surface area contributed by atoms with E-state index in [9.17, 15) is 19.8 Å². The molecule has 1 unspecified atom stereocenters. The summed E-state index contributed by atoms with van der Waals surface area (Å²) in [4.78, 5) is 29.6. The minimum Gasteiger partial charge on any atom is -0.458 e. The van der Waals surface area contributed by atoms with E-state index in [1.54, 1.807) is 10.6 Å². The highest BCUT2D eigenvalue weighted by Crippen LogP contribution is 2.37. The van der Waals surface area contributed by atoms with Crippen molar-refractivity contribution in [2.45, 2.75) is 18.8 Å². The molecule has 7 heteroatoms. The lowest BCUT2D eigenvalue weighted by Gasteiger charge is -2.30. The van der Waals surface area contributed by atoms with E-state index in [4.69, 9.17) is 4.74 Å². The van der Waals surface area contributed by atoms with E-state index in [2.05, 4.69) is 4.98 Å². The van der Waals surface area contributed by atoms with Crippen LogP contribution in [0.3, 0.4) is 0 Å². The minimum absolute atomic E-state index is 0.0929. The van der Waals surface area contributed by atoms with Gasteiger partial charge in [-0.15, -0.1) is 0 Å². The zero-order valence-electron chi connectivity index (χ0n) is 13.6. The fourth-order valence-corrected chi connectivity index (χ4v) is 3.74. The number of para-hydroxylation sites is 1. The molecule has 130 valence electrons. The van der Waals surface area contributed by atoms with Gasteiger partial charge in [-0.3, -0.25) is 4.79 Å². The molecule has 7 nitrogen and oxygen atoms in total. The lowest BCUT2D eigenvalue weighted by Crippen LogP contribution is -2.47. The highest BCUT2D eigenvalue weighted by atomic mass is 16.6. The van der Waals surface area contributed by atoms with Gasteiger partial charge in [0.2, 0.25) is 5.60 Å². The van der Waals surface area contributed by atoms with Crippen molar-refractivity contribution in [2.75, 3.05) is 6.61 Å². The van der Waals surface area contributed by atoms with Crippen LogP contribution in [0.15, 0.2) is 41.2 Å². The summed E-state index contributed by atoms with van der Waals surface area (Å²) in [5, 5.41) is 21.1. The fourth-order valence-electron chi connectivity index (χ4n) is 3.74. The number of benzene rings is 1. The summed E-state index contributed by atoms with van der Waals surface area (Å²) < 4.78 is 6.48. The molecule has 3 aromatic rings. The summed E-state index contributed by atoms with van der Waals surface area (Å²) in [6, 6.07) is 11.2. The van der Waals surface area contributed by atoms with E-state index in [-0.39, 0.29) is 23.3 Å². The number of aromatic nitrogens is 2. The van der Waals surface area contributed by atoms with Gasteiger partial charge in [-0.25, -0.2) is 9.78 Å². The van der Waals surface area contributed by atoms with Crippen LogP contribution in [-0.2, 0) is 28.3 Å². The van der Waals surface area contributed by atoms with Crippen LogP contribution < -0.4 is 5.56 Å². The number of aliphatic hydroxyl groups excluding tert-OH is 1. The molecular formula is C19H14N2O5. The molecule has 2 aliphatic rings. The van der Waals surface area contributed by atoms with Crippen LogP contribution >= 0.6 is 0 Å². The molecule has 0 aliphatic carbocycles. The molecule has 0 saturated carbocycles. The van der Waals surface area contributed by atoms with E-state index in [1.165, 1.54) is 0 Å². The maximum atomic E-state index is 12.9. The Bertz CT molecular complexity index is 1170. The first-order valence-corrected chi connectivity index (χ1v) is 8.19. The standard InChI is InChI=1S/C19H14N2O5/c22-9-19(25)13-6-15-16-11(5-10-3-1-2-4-14(10)20-16)7-21(15)17(23)12(13)8-26-18(19)24/h1-6,22,25H,7-9H2. The second kappa shape index (κ2) is 5.00. The molecule has 2 aromatic heterocycles. The van der Waals surface area contributed by atoms with Gasteiger partial charge in [0.25, 0.3) is 5.56 Å². The Kier molecular flexibility index (Phi) is 2.93. The molecule has 26 heavy (non-hydrogen) atoms. The largest absolute Gasteiger partial charge is 0.458 e. The number of nitrogens with zero attached hydrogens (tertiary/aromatic N) is 2. The van der Waals surface area contributed by atoms with Crippen molar-refractivity contribution >= 4 is 16.9 Å². The molecule has 0 radical (unpaired) electrons. The number of aliphatic hydroxyl groups is 2. The molecule has 0 bridgehead atoms. The van der Waals surface area contributed by atoms with Crippen molar-refractivity contribution in [1.29, 1.82) is 0 Å². The second-order valence-corrected chi connectivity index (χ2v) is 6.60. The van der Waals surface area contributed by atoms with Gasteiger partial charge in [0.1, 0.15) is 6.61 Å². The van der Waals surface area contributed by atoms with Gasteiger partial charge < -0.3 is 19.5 Å². The Hall–Kier alpha value is -3.03. The molecule has 0 spiro atoms. The highest BCUT2D eigenvalue weighted by Gasteiger charge is 2.46. The summed E-state index contributed by atoms with van der Waals surface area (Å²) in [7, 11) is 0. The highest BCUT2D eigenvalue weighted by molar-refractivity contribution is 5.86. The van der Waals surface area contributed by atoms with Crippen molar-refractivity contribution in [3.63, 3.8) is 0 Å². The van der Waals surface area contributed by atoms with Crippen LogP contribution in [0.2, 0.25) is 0 Å². The van der Waals surface area contributed by atoms with Gasteiger partial charge >= 0.3 is 5.97 Å². The van der Waals surface area contributed by atoms with E-state index >= 15 is 0 Å². The van der Waals surface area contributed by atoms with Crippen LogP contribution in [0.4, 0.5) is 0 Å². The number of rotatable bonds is 1. The fraction of sp³-hybridized carbons (Fsp3) is 0.211. The number of hydrogen-bond acceptors (Lipinski definition) is 6. The molecule has 2 N–H and O–H groups in total. The lowest BCUT2D eigenvalue weighted by molar-refractivity contribution is -0.176. The van der Waals surface area contributed by atoms with Gasteiger partial charge in [0.05, 0.1) is 35.6 Å². The second-order valence-electron chi connectivity index (χ2n) is 6.60. The SMILES string of the molecule is O=C1OCc2c(cc3n(c2=O)Cc2cc4ccccc4nc2-3)C1(O)CO. The smallest absolute Gasteiger partial charge is 0.345 e. The normalized spacial score (nSPS) is 20.5. The summed E-state index contributed by atoms with van der Waals surface area (Å²) in [5.74, 6) is -0.957. The minimum atomic E-state index is -2.23. The number of fused-ring (bicyclic) bond motifs is 5. The molecule has 0 fully saturated rings. The van der Waals surface area contributed by atoms with Crippen LogP contribution in [0, 0.1) is 0 Å². The summed E-state index contributed by atoms with van der Waals surface area (Å²) in [6.07, 6.45) is 0. The molecule has 5 rings (SSSR count). The maximum absolute atomic E-state index is 12.9. The van der Waals surface area contributed by atoms with Gasteiger partial charge in [0.15, 0.2) is 0 Å². The van der Waals surface area contributed by atoms with Crippen molar-refractivity contribution in [2.24, 2.45) is 0 Å². The first kappa shape index (κ1) is 15.2. The van der Waals surface area contributed by atoms with Gasteiger partial charge in [0, 0.05) is 16.5 Å². The average Bonchev–Trinajstić information content (AvgIpc) is 3.01. The third-order valence-electron chi connectivity index (χ3n) is 5.13. The van der Waals surface area contributed by atoms with E-state index in [0.29, 0.717) is 17.9 Å². The van der Waals surface area contributed by atoms with Crippen LogP contribution in [-0.4, -0.2) is 32.3 Å². The van der Waals surface area contributed by atoms with E-state index in [1.807, 2.05) is 30.3 Å². The monoisotopic (exact) mass is 350 g/mol. The number of carbonyl (C=O) groups excluding carboxylic acids is 1. The van der Waals surface area contributed by atoms with Crippen LogP contribution in [0.5, 0.6) is 0 Å². The molecule has 0 amide bonds. The summed E-state index contributed by atoms with van der Waals surface area (Å²) in [5.41, 5.74) is 0.544. The van der Waals surface area contributed by atoms with Gasteiger partial charge in [-0.2, -0.15) is 0 Å².